The van der Waals surface area contributed by atoms with E-state index in [1.165, 1.54) is 23.8 Å². The lowest BCUT2D eigenvalue weighted by Crippen LogP contribution is -2.62. The Balaban J connectivity index is 1.25. The van der Waals surface area contributed by atoms with Crippen molar-refractivity contribution in [3.63, 3.8) is 0 Å². The van der Waals surface area contributed by atoms with Gasteiger partial charge < -0.3 is 53.4 Å². The van der Waals surface area contributed by atoms with E-state index >= 15 is 0 Å². The Morgan fingerprint density at radius 3 is 2.14 bits per heavy atom. The highest BCUT2D eigenvalue weighted by Crippen LogP contribution is 2.39. The molecule has 7 atom stereocenters. The quantitative estimate of drug-likeness (QED) is 0.0503. The zero-order valence-electron chi connectivity index (χ0n) is 40.8. The number of fused-ring (bicyclic) bond motifs is 1. The molecular weight excluding hydrogens is 899 g/mol. The lowest BCUT2D eigenvalue weighted by molar-refractivity contribution is -0.145. The number of aliphatic imine (C=N–C) groups is 1. The minimum atomic E-state index is -1.46. The summed E-state index contributed by atoms with van der Waals surface area (Å²) in [6.07, 6.45) is 6.80. The second-order valence-electron chi connectivity index (χ2n) is 19.7. The number of primary amides is 1. The number of carbonyl (C=O) groups excluding carboxylic acids is 8. The molecule has 4 aliphatic rings. The lowest BCUT2D eigenvalue weighted by atomic mass is 9.84. The number of aliphatic hydroxyl groups excluding tert-OH is 1. The summed E-state index contributed by atoms with van der Waals surface area (Å²) in [6, 6.07) is 4.95. The maximum Gasteiger partial charge on any atom is 0.250 e. The number of rotatable bonds is 20. The number of hydrogen-bond donors (Lipinski definition) is 8. The van der Waals surface area contributed by atoms with E-state index in [9.17, 15) is 43.5 Å². The fourth-order valence-electron chi connectivity index (χ4n) is 10.5. The van der Waals surface area contributed by atoms with Crippen LogP contribution < -0.4 is 43.4 Å². The fraction of sp³-hybridized carbons (Fsp3) is 0.580. The van der Waals surface area contributed by atoms with Crippen molar-refractivity contribution in [3.05, 3.63) is 64.7 Å². The summed E-state index contributed by atoms with van der Waals surface area (Å²) in [7, 11) is 1.38. The molecule has 380 valence electrons. The van der Waals surface area contributed by atoms with Crippen LogP contribution in [-0.4, -0.2) is 131 Å². The molecule has 8 amide bonds. The van der Waals surface area contributed by atoms with Gasteiger partial charge in [-0.25, -0.2) is 0 Å². The molecule has 1 fully saturated rings. The minimum absolute atomic E-state index is 0.00393. The topological polar surface area (TPSA) is 305 Å². The molecule has 2 aromatic carbocycles. The summed E-state index contributed by atoms with van der Waals surface area (Å²) in [6.45, 7) is 4.46. The van der Waals surface area contributed by atoms with Gasteiger partial charge in [0.2, 0.25) is 47.3 Å². The molecule has 0 saturated heterocycles. The molecule has 0 radical (unpaired) electrons. The van der Waals surface area contributed by atoms with Crippen LogP contribution in [0.15, 0.2) is 47.5 Å². The first kappa shape index (κ1) is 52.8. The maximum atomic E-state index is 15.0. The van der Waals surface area contributed by atoms with E-state index in [0.29, 0.717) is 30.5 Å². The predicted octanol–water partition coefficient (Wildman–Crippen LogP) is 0.178. The predicted molar refractivity (Wildman–Crippen MR) is 261 cm³/mol. The van der Waals surface area contributed by atoms with Crippen LogP contribution in [0, 0.1) is 11.8 Å². The Morgan fingerprint density at radius 1 is 0.814 bits per heavy atom. The second kappa shape index (κ2) is 23.8. The molecular formula is C50H71N11O9. The van der Waals surface area contributed by atoms with E-state index in [0.717, 1.165) is 53.7 Å². The third-order valence-electron chi connectivity index (χ3n) is 14.0. The highest BCUT2D eigenvalue weighted by Gasteiger charge is 2.47. The van der Waals surface area contributed by atoms with E-state index in [4.69, 9.17) is 17.2 Å². The molecule has 0 aromatic heterocycles. The molecule has 11 N–H and O–H groups in total. The Morgan fingerprint density at radius 2 is 1.49 bits per heavy atom. The van der Waals surface area contributed by atoms with Crippen molar-refractivity contribution in [2.24, 2.45) is 34.0 Å². The van der Waals surface area contributed by atoms with E-state index in [2.05, 4.69) is 26.3 Å². The summed E-state index contributed by atoms with van der Waals surface area (Å²) in [5, 5.41) is 21.6. The number of nitrogens with one attached hydrogen (secondary N) is 4. The molecule has 20 heteroatoms. The van der Waals surface area contributed by atoms with Gasteiger partial charge in [-0.3, -0.25) is 48.2 Å². The van der Waals surface area contributed by atoms with Gasteiger partial charge >= 0.3 is 0 Å². The molecule has 70 heavy (non-hydrogen) atoms. The zero-order valence-corrected chi connectivity index (χ0v) is 40.8. The van der Waals surface area contributed by atoms with Crippen LogP contribution in [0.25, 0.3) is 0 Å². The van der Waals surface area contributed by atoms with Gasteiger partial charge in [-0.05, 0) is 72.6 Å². The van der Waals surface area contributed by atoms with Gasteiger partial charge in [0.25, 0.3) is 0 Å². The highest BCUT2D eigenvalue weighted by atomic mass is 16.3. The van der Waals surface area contributed by atoms with Crippen molar-refractivity contribution in [1.82, 2.24) is 31.1 Å². The normalized spacial score (nSPS) is 20.4. The highest BCUT2D eigenvalue weighted by molar-refractivity contribution is 6.09. The molecule has 2 aromatic rings. The van der Waals surface area contributed by atoms with Gasteiger partial charge in [-0.15, -0.1) is 0 Å². The van der Waals surface area contributed by atoms with Crippen molar-refractivity contribution in [1.29, 1.82) is 0 Å². The smallest absolute Gasteiger partial charge is 0.250 e. The minimum Gasteiger partial charge on any atom is -0.394 e. The fourth-order valence-corrected chi connectivity index (χ4v) is 10.5. The standard InChI is InChI=1S/C50H71N11O9/c1-28(2)22-39(43(51)64)59(4)47(68)38(27-62)58-46(67)41-25-33-17-10-16-31-19-20-36(49(70)61(41)42(31)33)57-45(66)40-24-32-14-8-9-15-34(32)26-60(40)48(69)35(18-11-21-54-50(52)53)56-44(65)37(55-29(3)63)23-30-12-6-5-7-13-30/h8-10,14-17,28,30,35-41,62H,5-7,11-13,18-27H2,1-4H3,(H2,51,64)(H,55,63)(H,56,65)(H,57,66)(H,58,67)(H4,52,53,54)/t35-,36?,37-,38-,39-,40-,41?/m0/s1. The van der Waals surface area contributed by atoms with Crippen LogP contribution in [0.4, 0.5) is 5.69 Å². The number of nitrogens with two attached hydrogens (primary N) is 3. The van der Waals surface area contributed by atoms with Crippen LogP contribution in [0.2, 0.25) is 0 Å². The molecule has 6 rings (SSSR count). The number of likely N-dealkylation sites (N-methyl/N-ethyl adjacent to an activating group) is 1. The monoisotopic (exact) mass is 970 g/mol. The number of aliphatic hydroxyl groups is 1. The molecule has 0 spiro atoms. The van der Waals surface area contributed by atoms with Crippen molar-refractivity contribution < 1.29 is 43.5 Å². The molecule has 20 nitrogen and oxygen atoms in total. The summed E-state index contributed by atoms with van der Waals surface area (Å²) in [5.74, 6) is -4.74. The van der Waals surface area contributed by atoms with Gasteiger partial charge in [0.05, 0.1) is 12.3 Å². The van der Waals surface area contributed by atoms with Crippen LogP contribution in [-0.2, 0) is 64.2 Å². The van der Waals surface area contributed by atoms with Gasteiger partial charge in [0.15, 0.2) is 5.96 Å². The van der Waals surface area contributed by atoms with Gasteiger partial charge in [-0.1, -0.05) is 88.4 Å². The average molecular weight is 970 g/mol. The number of para-hydroxylation sites is 1. The first-order valence-corrected chi connectivity index (χ1v) is 24.6. The summed E-state index contributed by atoms with van der Waals surface area (Å²) < 4.78 is 0. The number of amides is 8. The van der Waals surface area contributed by atoms with Crippen molar-refractivity contribution in [2.75, 3.05) is 25.1 Å². The molecule has 1 aliphatic carbocycles. The van der Waals surface area contributed by atoms with Gasteiger partial charge in [0, 0.05) is 39.9 Å². The third kappa shape index (κ3) is 12.8. The van der Waals surface area contributed by atoms with Crippen molar-refractivity contribution in [2.45, 2.75) is 153 Å². The average Bonchev–Trinajstić information content (AvgIpc) is 3.67. The lowest BCUT2D eigenvalue weighted by Gasteiger charge is -2.39. The van der Waals surface area contributed by atoms with Gasteiger partial charge in [-0.2, -0.15) is 0 Å². The zero-order chi connectivity index (χ0) is 50.8. The first-order valence-electron chi connectivity index (χ1n) is 24.6. The van der Waals surface area contributed by atoms with Crippen molar-refractivity contribution >= 4 is 58.9 Å². The molecule has 3 heterocycles. The van der Waals surface area contributed by atoms with Crippen molar-refractivity contribution in [3.8, 4) is 0 Å². The van der Waals surface area contributed by atoms with E-state index < -0.39 is 90.3 Å². The summed E-state index contributed by atoms with van der Waals surface area (Å²) >= 11 is 0. The van der Waals surface area contributed by atoms with E-state index in [1.807, 2.05) is 50.2 Å². The Labute approximate surface area is 409 Å². The molecule has 0 bridgehead atoms. The Kier molecular flexibility index (Phi) is 18.0. The second-order valence-corrected chi connectivity index (χ2v) is 19.7. The summed E-state index contributed by atoms with van der Waals surface area (Å²) in [5.41, 5.74) is 20.5. The number of nitrogens with zero attached hydrogens (tertiary/aromatic N) is 4. The number of hydrogen-bond acceptors (Lipinski definition) is 10. The largest absolute Gasteiger partial charge is 0.394 e. The SMILES string of the molecule is CC(=O)N[C@@H](CC1CCCCC1)C(=O)N[C@@H](CCCN=C(N)N)C(=O)N1Cc2ccccc2C[C@H]1C(=O)NC1CCc2cccc3c2N(C1=O)C(C(=O)N[C@@H](CO)C(=O)N(C)[C@@H](CC(C)C)C(N)=O)C3. The number of aryl methyl sites for hydroxylation is 1. The first-order chi connectivity index (χ1) is 33.4. The molecule has 1 saturated carbocycles. The number of anilines is 1. The van der Waals surface area contributed by atoms with E-state index in [1.54, 1.807) is 6.07 Å². The molecule has 2 unspecified atom stereocenters. The molecule has 3 aliphatic heterocycles. The third-order valence-corrected chi connectivity index (χ3v) is 14.0. The number of guanidine groups is 1. The van der Waals surface area contributed by atoms with Gasteiger partial charge in [0.1, 0.15) is 42.3 Å². The Bertz CT molecular complexity index is 2310. The van der Waals surface area contributed by atoms with E-state index in [-0.39, 0.29) is 68.9 Å². The number of benzene rings is 2. The maximum absolute atomic E-state index is 15.0. The van der Waals surface area contributed by atoms with Crippen LogP contribution in [0.3, 0.4) is 0 Å². The summed E-state index contributed by atoms with van der Waals surface area (Å²) in [4.78, 5) is 119. The van der Waals surface area contributed by atoms with Crippen LogP contribution >= 0.6 is 0 Å². The Hall–Kier alpha value is -6.57. The van der Waals surface area contributed by atoms with Crippen LogP contribution in [0.1, 0.15) is 107 Å². The number of carbonyl (C=O) groups is 8. The van der Waals surface area contributed by atoms with Crippen LogP contribution in [0.5, 0.6) is 0 Å².